The number of benzene rings is 1. The summed E-state index contributed by atoms with van der Waals surface area (Å²) in [6.07, 6.45) is 2.40. The van der Waals surface area contributed by atoms with Gasteiger partial charge in [0, 0.05) is 6.54 Å². The summed E-state index contributed by atoms with van der Waals surface area (Å²) in [6.45, 7) is 2.45. The number of imidazole rings is 1. The summed E-state index contributed by atoms with van der Waals surface area (Å²) in [7, 11) is 0. The number of fused-ring (bicyclic) bond motifs is 1. The van der Waals surface area contributed by atoms with Crippen molar-refractivity contribution in [3.05, 3.63) is 30.6 Å². The van der Waals surface area contributed by atoms with E-state index in [0.717, 1.165) is 11.0 Å². The molecule has 4 nitrogen and oxygen atoms in total. The van der Waals surface area contributed by atoms with E-state index < -0.39 is 5.54 Å². The maximum atomic E-state index is 8.84. The number of rotatable bonds is 3. The normalized spacial score (nSPS) is 14.6. The topological polar surface area (TPSA) is 67.6 Å². The molecule has 0 fully saturated rings. The molecule has 82 valence electrons. The minimum atomic E-state index is -0.772. The lowest BCUT2D eigenvalue weighted by Crippen LogP contribution is -2.35. The van der Waals surface area contributed by atoms with Crippen molar-refractivity contribution in [2.24, 2.45) is 5.73 Å². The first-order valence-corrected chi connectivity index (χ1v) is 5.22. The third-order valence-electron chi connectivity index (χ3n) is 2.65. The van der Waals surface area contributed by atoms with E-state index in [1.165, 1.54) is 0 Å². The zero-order chi connectivity index (χ0) is 11.6. The quantitative estimate of drug-likeness (QED) is 0.845. The molecule has 0 aliphatic rings. The molecule has 2 N–H and O–H groups in total. The second-order valence-electron chi connectivity index (χ2n) is 4.21. The number of hydrogen-bond donors (Lipinski definition) is 1. The Labute approximate surface area is 94.3 Å². The van der Waals surface area contributed by atoms with E-state index >= 15 is 0 Å². The molecule has 0 spiro atoms. The third-order valence-corrected chi connectivity index (χ3v) is 2.65. The van der Waals surface area contributed by atoms with Crippen LogP contribution in [-0.4, -0.2) is 15.1 Å². The SMILES string of the molecule is CC(N)(C#N)CCn1cnc2ccccc21. The monoisotopic (exact) mass is 214 g/mol. The van der Waals surface area contributed by atoms with Crippen molar-refractivity contribution in [3.8, 4) is 6.07 Å². The summed E-state index contributed by atoms with van der Waals surface area (Å²) in [5.41, 5.74) is 7.06. The molecule has 2 aromatic rings. The molecule has 0 saturated carbocycles. The van der Waals surface area contributed by atoms with Gasteiger partial charge in [0.05, 0.1) is 23.4 Å². The van der Waals surface area contributed by atoms with E-state index in [9.17, 15) is 0 Å². The van der Waals surface area contributed by atoms with Crippen LogP contribution in [0.15, 0.2) is 30.6 Å². The van der Waals surface area contributed by atoms with Crippen LogP contribution in [0, 0.1) is 11.3 Å². The lowest BCUT2D eigenvalue weighted by molar-refractivity contribution is 0.495. The maximum absolute atomic E-state index is 8.84. The van der Waals surface area contributed by atoms with Gasteiger partial charge >= 0.3 is 0 Å². The summed E-state index contributed by atoms with van der Waals surface area (Å²) in [5, 5.41) is 8.84. The van der Waals surface area contributed by atoms with Crippen LogP contribution in [-0.2, 0) is 6.54 Å². The highest BCUT2D eigenvalue weighted by atomic mass is 15.0. The summed E-state index contributed by atoms with van der Waals surface area (Å²) < 4.78 is 2.03. The lowest BCUT2D eigenvalue weighted by atomic mass is 10.0. The number of nitrogens with two attached hydrogens (primary N) is 1. The van der Waals surface area contributed by atoms with Gasteiger partial charge < -0.3 is 10.3 Å². The predicted molar refractivity (Wildman–Crippen MR) is 62.6 cm³/mol. The molecule has 0 bridgehead atoms. The van der Waals surface area contributed by atoms with Crippen LogP contribution >= 0.6 is 0 Å². The highest BCUT2D eigenvalue weighted by molar-refractivity contribution is 5.74. The first-order chi connectivity index (χ1) is 7.62. The fourth-order valence-corrected chi connectivity index (χ4v) is 1.60. The van der Waals surface area contributed by atoms with Crippen molar-refractivity contribution >= 4 is 11.0 Å². The second kappa shape index (κ2) is 3.95. The van der Waals surface area contributed by atoms with Crippen LogP contribution in [0.4, 0.5) is 0 Å². The molecule has 0 amide bonds. The van der Waals surface area contributed by atoms with E-state index in [2.05, 4.69) is 11.1 Å². The smallest absolute Gasteiger partial charge is 0.103 e. The van der Waals surface area contributed by atoms with Crippen molar-refractivity contribution in [3.63, 3.8) is 0 Å². The van der Waals surface area contributed by atoms with Crippen molar-refractivity contribution in [1.82, 2.24) is 9.55 Å². The summed E-state index contributed by atoms with van der Waals surface area (Å²) in [6, 6.07) is 10.0. The molecular weight excluding hydrogens is 200 g/mol. The minimum Gasteiger partial charge on any atom is -0.330 e. The van der Waals surface area contributed by atoms with Crippen molar-refractivity contribution < 1.29 is 0 Å². The molecule has 1 aromatic carbocycles. The fraction of sp³-hybridized carbons (Fsp3) is 0.333. The van der Waals surface area contributed by atoms with Gasteiger partial charge in [-0.2, -0.15) is 5.26 Å². The molecule has 1 aromatic heterocycles. The third kappa shape index (κ3) is 2.05. The van der Waals surface area contributed by atoms with Crippen LogP contribution < -0.4 is 5.73 Å². The van der Waals surface area contributed by atoms with Crippen LogP contribution in [0.25, 0.3) is 11.0 Å². The van der Waals surface area contributed by atoms with Gasteiger partial charge in [-0.1, -0.05) is 12.1 Å². The largest absolute Gasteiger partial charge is 0.330 e. The van der Waals surface area contributed by atoms with Gasteiger partial charge in [0.25, 0.3) is 0 Å². The Hall–Kier alpha value is -1.86. The Morgan fingerprint density at radius 3 is 3.00 bits per heavy atom. The van der Waals surface area contributed by atoms with Gasteiger partial charge in [-0.25, -0.2) is 4.98 Å². The molecular formula is C12H14N4. The van der Waals surface area contributed by atoms with Crippen LogP contribution in [0.2, 0.25) is 0 Å². The average Bonchev–Trinajstić information content (AvgIpc) is 2.70. The fourth-order valence-electron chi connectivity index (χ4n) is 1.60. The highest BCUT2D eigenvalue weighted by Gasteiger charge is 2.17. The zero-order valence-corrected chi connectivity index (χ0v) is 9.22. The van der Waals surface area contributed by atoms with Crippen molar-refractivity contribution in [1.29, 1.82) is 5.26 Å². The van der Waals surface area contributed by atoms with Gasteiger partial charge in [-0.15, -0.1) is 0 Å². The van der Waals surface area contributed by atoms with E-state index in [1.54, 1.807) is 13.3 Å². The Morgan fingerprint density at radius 1 is 1.50 bits per heavy atom. The van der Waals surface area contributed by atoms with Gasteiger partial charge in [-0.05, 0) is 25.5 Å². The lowest BCUT2D eigenvalue weighted by Gasteiger charge is -2.15. The number of aromatic nitrogens is 2. The molecule has 0 aliphatic carbocycles. The highest BCUT2D eigenvalue weighted by Crippen LogP contribution is 2.14. The maximum Gasteiger partial charge on any atom is 0.103 e. The van der Waals surface area contributed by atoms with E-state index in [0.29, 0.717) is 13.0 Å². The van der Waals surface area contributed by atoms with Crippen molar-refractivity contribution in [2.45, 2.75) is 25.4 Å². The minimum absolute atomic E-state index is 0.615. The standard InChI is InChI=1S/C12H14N4/c1-12(14,8-13)6-7-16-9-15-10-4-2-3-5-11(10)16/h2-5,9H,6-7,14H2,1H3. The molecule has 4 heteroatoms. The van der Waals surface area contributed by atoms with Crippen LogP contribution in [0.5, 0.6) is 0 Å². The first kappa shape index (κ1) is 10.7. The Bertz CT molecular complexity index is 533. The predicted octanol–water partition coefficient (Wildman–Crippen LogP) is 1.67. The summed E-state index contributed by atoms with van der Waals surface area (Å²) >= 11 is 0. The first-order valence-electron chi connectivity index (χ1n) is 5.22. The number of nitrogens with zero attached hydrogens (tertiary/aromatic N) is 3. The molecule has 0 radical (unpaired) electrons. The number of para-hydroxylation sites is 2. The molecule has 1 atom stereocenters. The Kier molecular flexibility index (Phi) is 2.63. The number of aryl methyl sites for hydroxylation is 1. The zero-order valence-electron chi connectivity index (χ0n) is 9.22. The summed E-state index contributed by atoms with van der Waals surface area (Å²) in [4.78, 5) is 4.28. The van der Waals surface area contributed by atoms with Gasteiger partial charge in [0.15, 0.2) is 0 Å². The van der Waals surface area contributed by atoms with E-state index in [1.807, 2.05) is 28.8 Å². The van der Waals surface area contributed by atoms with Gasteiger partial charge in [0.1, 0.15) is 5.54 Å². The number of nitriles is 1. The second-order valence-corrected chi connectivity index (χ2v) is 4.21. The molecule has 16 heavy (non-hydrogen) atoms. The Balaban J connectivity index is 2.20. The van der Waals surface area contributed by atoms with Gasteiger partial charge in [-0.3, -0.25) is 0 Å². The summed E-state index contributed by atoms with van der Waals surface area (Å²) in [5.74, 6) is 0. The van der Waals surface area contributed by atoms with E-state index in [-0.39, 0.29) is 0 Å². The molecule has 2 rings (SSSR count). The molecule has 1 heterocycles. The number of hydrogen-bond acceptors (Lipinski definition) is 3. The van der Waals surface area contributed by atoms with Crippen LogP contribution in [0.3, 0.4) is 0 Å². The van der Waals surface area contributed by atoms with Crippen molar-refractivity contribution in [2.75, 3.05) is 0 Å². The molecule has 1 unspecified atom stereocenters. The van der Waals surface area contributed by atoms with Gasteiger partial charge in [0.2, 0.25) is 0 Å². The van der Waals surface area contributed by atoms with E-state index in [4.69, 9.17) is 11.0 Å². The Morgan fingerprint density at radius 2 is 2.25 bits per heavy atom. The average molecular weight is 214 g/mol. The molecule has 0 saturated heterocycles. The molecule has 0 aliphatic heterocycles. The van der Waals surface area contributed by atoms with Crippen LogP contribution in [0.1, 0.15) is 13.3 Å².